The normalized spacial score (nSPS) is 14.2. The Morgan fingerprint density at radius 1 is 1.50 bits per heavy atom. The summed E-state index contributed by atoms with van der Waals surface area (Å²) in [5, 5.41) is 6.12. The molecule has 1 aliphatic carbocycles. The zero-order chi connectivity index (χ0) is 14.5. The van der Waals surface area contributed by atoms with Crippen LogP contribution in [0.4, 0.5) is 5.82 Å². The first-order valence-corrected chi connectivity index (χ1v) is 7.20. The van der Waals surface area contributed by atoms with Gasteiger partial charge in [-0.05, 0) is 37.0 Å². The van der Waals surface area contributed by atoms with Crippen LogP contribution in [-0.4, -0.2) is 37.6 Å². The van der Waals surface area contributed by atoms with Crippen LogP contribution in [0.15, 0.2) is 12.3 Å². The van der Waals surface area contributed by atoms with Gasteiger partial charge < -0.3 is 15.5 Å². The van der Waals surface area contributed by atoms with Crippen molar-refractivity contribution in [3.63, 3.8) is 0 Å². The summed E-state index contributed by atoms with van der Waals surface area (Å²) >= 11 is 0. The van der Waals surface area contributed by atoms with Crippen LogP contribution in [0.5, 0.6) is 0 Å². The van der Waals surface area contributed by atoms with E-state index in [4.69, 9.17) is 0 Å². The molecule has 0 saturated heterocycles. The van der Waals surface area contributed by atoms with E-state index in [1.54, 1.807) is 7.05 Å². The number of nitrogens with one attached hydrogen (secondary N) is 2. The van der Waals surface area contributed by atoms with Gasteiger partial charge in [0.15, 0.2) is 0 Å². The zero-order valence-corrected chi connectivity index (χ0v) is 12.6. The lowest BCUT2D eigenvalue weighted by Gasteiger charge is -2.20. The molecule has 1 aromatic heterocycles. The minimum atomic E-state index is 0.0553. The van der Waals surface area contributed by atoms with Gasteiger partial charge in [0.25, 0.3) is 0 Å². The van der Waals surface area contributed by atoms with E-state index in [9.17, 15) is 4.79 Å². The summed E-state index contributed by atoms with van der Waals surface area (Å²) in [6.45, 7) is 3.63. The van der Waals surface area contributed by atoms with Crippen molar-refractivity contribution in [1.82, 2.24) is 15.6 Å². The van der Waals surface area contributed by atoms with E-state index in [2.05, 4.69) is 28.6 Å². The highest BCUT2D eigenvalue weighted by Crippen LogP contribution is 2.20. The molecule has 2 N–H and O–H groups in total. The second kappa shape index (κ2) is 6.70. The van der Waals surface area contributed by atoms with Gasteiger partial charge in [0.1, 0.15) is 5.82 Å². The fraction of sp³-hybridized carbons (Fsp3) is 0.600. The first-order valence-electron chi connectivity index (χ1n) is 7.20. The van der Waals surface area contributed by atoms with Crippen molar-refractivity contribution < 1.29 is 4.79 Å². The molecule has 0 aliphatic heterocycles. The highest BCUT2D eigenvalue weighted by molar-refractivity contribution is 5.76. The van der Waals surface area contributed by atoms with Crippen molar-refractivity contribution in [2.24, 2.45) is 0 Å². The molecule has 0 radical (unpaired) electrons. The zero-order valence-electron chi connectivity index (χ0n) is 12.6. The van der Waals surface area contributed by atoms with E-state index in [0.717, 1.165) is 17.9 Å². The second-order valence-corrected chi connectivity index (χ2v) is 5.48. The number of carbonyl (C=O) groups excluding carboxylic acids is 1. The molecule has 1 heterocycles. The second-order valence-electron chi connectivity index (χ2n) is 5.48. The van der Waals surface area contributed by atoms with E-state index in [1.165, 1.54) is 18.4 Å². The van der Waals surface area contributed by atoms with Crippen LogP contribution in [0.3, 0.4) is 0 Å². The molecule has 1 saturated carbocycles. The van der Waals surface area contributed by atoms with Crippen molar-refractivity contribution in [2.45, 2.75) is 38.8 Å². The van der Waals surface area contributed by atoms with Crippen LogP contribution in [0.25, 0.3) is 0 Å². The lowest BCUT2D eigenvalue weighted by Crippen LogP contribution is -2.27. The quantitative estimate of drug-likeness (QED) is 0.786. The summed E-state index contributed by atoms with van der Waals surface area (Å²) < 4.78 is 0. The topological polar surface area (TPSA) is 57.3 Å². The first-order chi connectivity index (χ1) is 9.60. The molecule has 0 bridgehead atoms. The molecule has 0 aromatic carbocycles. The predicted molar refractivity (Wildman–Crippen MR) is 80.8 cm³/mol. The molecule has 20 heavy (non-hydrogen) atoms. The Labute approximate surface area is 120 Å². The van der Waals surface area contributed by atoms with Crippen LogP contribution < -0.4 is 15.5 Å². The molecule has 2 rings (SSSR count). The number of carbonyl (C=O) groups is 1. The Kier molecular flexibility index (Phi) is 4.95. The minimum absolute atomic E-state index is 0.0553. The fourth-order valence-corrected chi connectivity index (χ4v) is 2.17. The van der Waals surface area contributed by atoms with E-state index in [-0.39, 0.29) is 5.91 Å². The summed E-state index contributed by atoms with van der Waals surface area (Å²) in [5.74, 6) is 1.00. The van der Waals surface area contributed by atoms with E-state index < -0.39 is 0 Å². The van der Waals surface area contributed by atoms with Gasteiger partial charge in [-0.3, -0.25) is 4.79 Å². The van der Waals surface area contributed by atoms with Crippen LogP contribution >= 0.6 is 0 Å². The Morgan fingerprint density at radius 3 is 2.85 bits per heavy atom. The number of rotatable bonds is 7. The van der Waals surface area contributed by atoms with Crippen LogP contribution in [0, 0.1) is 6.92 Å². The van der Waals surface area contributed by atoms with Crippen molar-refractivity contribution in [2.75, 3.05) is 25.5 Å². The molecule has 1 aromatic rings. The third-order valence-corrected chi connectivity index (χ3v) is 3.59. The van der Waals surface area contributed by atoms with E-state index in [1.807, 2.05) is 18.1 Å². The molecule has 0 unspecified atom stereocenters. The molecule has 110 valence electrons. The van der Waals surface area contributed by atoms with E-state index >= 15 is 0 Å². The lowest BCUT2D eigenvalue weighted by atomic mass is 10.2. The highest BCUT2D eigenvalue weighted by Gasteiger charge is 2.20. The monoisotopic (exact) mass is 276 g/mol. The Bertz CT molecular complexity index is 471. The van der Waals surface area contributed by atoms with Gasteiger partial charge in [-0.1, -0.05) is 0 Å². The molecular formula is C15H24N4O. The van der Waals surface area contributed by atoms with Crippen LogP contribution in [0.1, 0.15) is 30.4 Å². The average Bonchev–Trinajstić information content (AvgIpc) is 3.26. The Balaban J connectivity index is 1.91. The van der Waals surface area contributed by atoms with Gasteiger partial charge >= 0.3 is 0 Å². The number of pyridine rings is 1. The summed E-state index contributed by atoms with van der Waals surface area (Å²) in [5.41, 5.74) is 2.37. The number of nitrogens with zero attached hydrogens (tertiary/aromatic N) is 2. The predicted octanol–water partition coefficient (Wildman–Crippen LogP) is 1.21. The summed E-state index contributed by atoms with van der Waals surface area (Å²) in [7, 11) is 3.63. The van der Waals surface area contributed by atoms with Crippen molar-refractivity contribution in [3.8, 4) is 0 Å². The first kappa shape index (κ1) is 14.8. The number of aromatic nitrogens is 1. The SMILES string of the molecule is CNC(=O)CCN(C)c1ncc(CNC2CC2)cc1C. The maximum Gasteiger partial charge on any atom is 0.221 e. The van der Waals surface area contributed by atoms with Gasteiger partial charge in [0, 0.05) is 45.8 Å². The standard InChI is InChI=1S/C15H24N4O/c1-11-8-12(9-17-13-4-5-13)10-18-15(11)19(3)7-6-14(20)16-2/h8,10,13,17H,4-7,9H2,1-3H3,(H,16,20). The molecule has 0 atom stereocenters. The molecule has 1 amide bonds. The smallest absolute Gasteiger partial charge is 0.221 e. The maximum atomic E-state index is 11.3. The maximum absolute atomic E-state index is 11.3. The number of anilines is 1. The third kappa shape index (κ3) is 4.20. The van der Waals surface area contributed by atoms with Gasteiger partial charge in [-0.25, -0.2) is 4.98 Å². The molecule has 5 heteroatoms. The molecular weight excluding hydrogens is 252 g/mol. The molecule has 0 spiro atoms. The summed E-state index contributed by atoms with van der Waals surface area (Å²) in [4.78, 5) is 17.8. The number of hydrogen-bond acceptors (Lipinski definition) is 4. The average molecular weight is 276 g/mol. The van der Waals surface area contributed by atoms with Crippen molar-refractivity contribution in [3.05, 3.63) is 23.4 Å². The number of aryl methyl sites for hydroxylation is 1. The minimum Gasteiger partial charge on any atom is -0.359 e. The molecule has 1 aliphatic rings. The van der Waals surface area contributed by atoms with Crippen LogP contribution in [0.2, 0.25) is 0 Å². The molecule has 5 nitrogen and oxygen atoms in total. The summed E-state index contributed by atoms with van der Waals surface area (Å²) in [6.07, 6.45) is 5.01. The third-order valence-electron chi connectivity index (χ3n) is 3.59. The van der Waals surface area contributed by atoms with Gasteiger partial charge in [-0.15, -0.1) is 0 Å². The number of amides is 1. The van der Waals surface area contributed by atoms with Gasteiger partial charge in [0.2, 0.25) is 5.91 Å². The molecule has 1 fully saturated rings. The lowest BCUT2D eigenvalue weighted by molar-refractivity contribution is -0.120. The number of hydrogen-bond donors (Lipinski definition) is 2. The fourth-order valence-electron chi connectivity index (χ4n) is 2.17. The highest BCUT2D eigenvalue weighted by atomic mass is 16.1. The van der Waals surface area contributed by atoms with Gasteiger partial charge in [0.05, 0.1) is 0 Å². The van der Waals surface area contributed by atoms with Gasteiger partial charge in [-0.2, -0.15) is 0 Å². The van der Waals surface area contributed by atoms with Crippen molar-refractivity contribution in [1.29, 1.82) is 0 Å². The Morgan fingerprint density at radius 2 is 2.25 bits per heavy atom. The van der Waals surface area contributed by atoms with Crippen LogP contribution in [-0.2, 0) is 11.3 Å². The van der Waals surface area contributed by atoms with E-state index in [0.29, 0.717) is 19.0 Å². The largest absolute Gasteiger partial charge is 0.359 e. The Hall–Kier alpha value is -1.62. The summed E-state index contributed by atoms with van der Waals surface area (Å²) in [6, 6.07) is 2.89. The van der Waals surface area contributed by atoms with Crippen molar-refractivity contribution >= 4 is 11.7 Å².